The monoisotopic (exact) mass is 487 g/mol. The van der Waals surface area contributed by atoms with Crippen LogP contribution in [0.5, 0.6) is 5.75 Å². The van der Waals surface area contributed by atoms with Gasteiger partial charge < -0.3 is 15.2 Å². The van der Waals surface area contributed by atoms with Crippen molar-refractivity contribution < 1.29 is 23.8 Å². The molecule has 0 spiro atoms. The number of hydrogen-bond acceptors (Lipinski definition) is 3. The average molecular weight is 489 g/mol. The average Bonchev–Trinajstić information content (AvgIpc) is 2.52. The molecule has 0 aliphatic carbocycles. The van der Waals surface area contributed by atoms with E-state index in [-0.39, 0.29) is 18.9 Å². The van der Waals surface area contributed by atoms with Crippen molar-refractivity contribution in [3.8, 4) is 5.75 Å². The van der Waals surface area contributed by atoms with Crippen molar-refractivity contribution >= 4 is 49.4 Å². The second kappa shape index (κ2) is 9.14. The van der Waals surface area contributed by atoms with Crippen LogP contribution in [0.2, 0.25) is 0 Å². The van der Waals surface area contributed by atoms with Crippen LogP contribution in [0.1, 0.15) is 24.5 Å². The Morgan fingerprint density at radius 3 is 2.35 bits per heavy atom. The van der Waals surface area contributed by atoms with Gasteiger partial charge in [-0.15, -0.1) is 0 Å². The summed E-state index contributed by atoms with van der Waals surface area (Å²) in [7, 11) is 0. The number of carbonyl (C=O) groups excluding carboxylic acids is 1. The summed E-state index contributed by atoms with van der Waals surface area (Å²) in [5.41, 5.74) is 1.52. The van der Waals surface area contributed by atoms with E-state index in [1.165, 1.54) is 12.1 Å². The predicted molar refractivity (Wildman–Crippen MR) is 103 cm³/mol. The summed E-state index contributed by atoms with van der Waals surface area (Å²) >= 11 is 6.71. The first-order valence-electron chi connectivity index (χ1n) is 7.70. The van der Waals surface area contributed by atoms with Crippen LogP contribution in [0, 0.1) is 5.82 Å². The van der Waals surface area contributed by atoms with Crippen LogP contribution < -0.4 is 10.1 Å². The van der Waals surface area contributed by atoms with E-state index in [0.29, 0.717) is 37.9 Å². The van der Waals surface area contributed by atoms with E-state index in [1.807, 2.05) is 0 Å². The third-order valence-corrected chi connectivity index (χ3v) is 4.54. The first-order valence-corrected chi connectivity index (χ1v) is 9.29. The normalized spacial score (nSPS) is 10.5. The molecule has 0 atom stereocenters. The predicted octanol–water partition coefficient (Wildman–Crippen LogP) is 4.91. The molecule has 5 nitrogen and oxygen atoms in total. The van der Waals surface area contributed by atoms with Crippen LogP contribution in [-0.2, 0) is 22.6 Å². The largest absolute Gasteiger partial charge is 0.487 e. The van der Waals surface area contributed by atoms with Crippen LogP contribution in [0.4, 0.5) is 10.1 Å². The van der Waals surface area contributed by atoms with Gasteiger partial charge in [-0.3, -0.25) is 9.59 Å². The lowest BCUT2D eigenvalue weighted by molar-refractivity contribution is -0.136. The molecular formula is C18H16Br2FNO4. The van der Waals surface area contributed by atoms with Gasteiger partial charge in [-0.1, -0.05) is 6.92 Å². The number of halogens is 3. The number of rotatable bonds is 7. The van der Waals surface area contributed by atoms with Gasteiger partial charge in [0.2, 0.25) is 5.91 Å². The molecule has 0 radical (unpaired) electrons. The fourth-order valence-corrected chi connectivity index (χ4v) is 3.75. The molecule has 0 saturated heterocycles. The number of benzene rings is 2. The molecule has 0 fully saturated rings. The lowest BCUT2D eigenvalue weighted by atomic mass is 10.1. The lowest BCUT2D eigenvalue weighted by Crippen LogP contribution is -2.10. The van der Waals surface area contributed by atoms with Gasteiger partial charge in [-0.25, -0.2) is 4.39 Å². The van der Waals surface area contributed by atoms with Crippen molar-refractivity contribution in [2.24, 2.45) is 0 Å². The number of aliphatic carboxylic acids is 1. The molecule has 2 aromatic rings. The van der Waals surface area contributed by atoms with Gasteiger partial charge in [-0.2, -0.15) is 0 Å². The van der Waals surface area contributed by atoms with E-state index in [0.717, 1.165) is 0 Å². The van der Waals surface area contributed by atoms with Crippen molar-refractivity contribution in [1.29, 1.82) is 0 Å². The van der Waals surface area contributed by atoms with Crippen molar-refractivity contribution in [2.75, 3.05) is 5.32 Å². The van der Waals surface area contributed by atoms with E-state index in [2.05, 4.69) is 37.2 Å². The number of ether oxygens (including phenoxy) is 1. The van der Waals surface area contributed by atoms with Crippen LogP contribution >= 0.6 is 31.9 Å². The highest BCUT2D eigenvalue weighted by Crippen LogP contribution is 2.35. The maximum atomic E-state index is 13.8. The number of carboxylic acid groups (broad SMARTS) is 1. The van der Waals surface area contributed by atoms with E-state index < -0.39 is 11.8 Å². The summed E-state index contributed by atoms with van der Waals surface area (Å²) in [5, 5.41) is 11.5. The molecule has 0 bridgehead atoms. The third kappa shape index (κ3) is 5.81. The minimum atomic E-state index is -0.932. The zero-order valence-corrected chi connectivity index (χ0v) is 17.0. The molecule has 1 amide bonds. The van der Waals surface area contributed by atoms with Gasteiger partial charge in [0.1, 0.15) is 18.2 Å². The SMILES string of the molecule is CCC(=O)Nc1cc(F)cc(COc2c(Br)cc(CC(=O)O)cc2Br)c1. The highest BCUT2D eigenvalue weighted by Gasteiger charge is 2.12. The second-order valence-electron chi connectivity index (χ2n) is 5.50. The van der Waals surface area contributed by atoms with E-state index in [1.54, 1.807) is 25.1 Å². The first-order chi connectivity index (χ1) is 12.3. The van der Waals surface area contributed by atoms with Gasteiger partial charge in [0.15, 0.2) is 0 Å². The number of anilines is 1. The van der Waals surface area contributed by atoms with Crippen molar-refractivity contribution in [1.82, 2.24) is 0 Å². The van der Waals surface area contributed by atoms with Crippen molar-refractivity contribution in [2.45, 2.75) is 26.4 Å². The highest BCUT2D eigenvalue weighted by molar-refractivity contribution is 9.11. The van der Waals surface area contributed by atoms with Gasteiger partial charge >= 0.3 is 5.97 Å². The third-order valence-electron chi connectivity index (χ3n) is 3.36. The van der Waals surface area contributed by atoms with Gasteiger partial charge in [0.25, 0.3) is 0 Å². The topological polar surface area (TPSA) is 75.6 Å². The molecule has 138 valence electrons. The maximum absolute atomic E-state index is 13.8. The van der Waals surface area contributed by atoms with Crippen LogP contribution in [0.3, 0.4) is 0 Å². The minimum Gasteiger partial charge on any atom is -0.487 e. The Labute approximate surface area is 166 Å². The minimum absolute atomic E-state index is 0.0717. The van der Waals surface area contributed by atoms with Crippen LogP contribution in [0.25, 0.3) is 0 Å². The summed E-state index contributed by atoms with van der Waals surface area (Å²) in [6, 6.07) is 7.52. The van der Waals surface area contributed by atoms with E-state index in [4.69, 9.17) is 9.84 Å². The Morgan fingerprint density at radius 2 is 1.77 bits per heavy atom. The van der Waals surface area contributed by atoms with E-state index >= 15 is 0 Å². The summed E-state index contributed by atoms with van der Waals surface area (Å²) < 4.78 is 20.7. The molecule has 8 heteroatoms. The van der Waals surface area contributed by atoms with Crippen LogP contribution in [-0.4, -0.2) is 17.0 Å². The maximum Gasteiger partial charge on any atom is 0.307 e. The Hall–Kier alpha value is -1.93. The molecule has 2 rings (SSSR count). The quantitative estimate of drug-likeness (QED) is 0.580. The Bertz CT molecular complexity index is 819. The molecule has 0 heterocycles. The number of carbonyl (C=O) groups is 2. The molecule has 0 unspecified atom stereocenters. The zero-order valence-electron chi connectivity index (χ0n) is 13.8. The summed E-state index contributed by atoms with van der Waals surface area (Å²) in [4.78, 5) is 22.3. The molecule has 26 heavy (non-hydrogen) atoms. The molecule has 0 saturated carbocycles. The second-order valence-corrected chi connectivity index (χ2v) is 7.21. The number of hydrogen-bond donors (Lipinski definition) is 2. The highest BCUT2D eigenvalue weighted by atomic mass is 79.9. The molecule has 2 N–H and O–H groups in total. The summed E-state index contributed by atoms with van der Waals surface area (Å²) in [6.45, 7) is 1.78. The summed E-state index contributed by atoms with van der Waals surface area (Å²) in [5.74, 6) is -1.14. The van der Waals surface area contributed by atoms with Gasteiger partial charge in [-0.05, 0) is 73.3 Å². The smallest absolute Gasteiger partial charge is 0.307 e. The summed E-state index contributed by atoms with van der Waals surface area (Å²) in [6.07, 6.45) is 0.187. The molecule has 0 aliphatic rings. The number of nitrogens with one attached hydrogen (secondary N) is 1. The Balaban J connectivity index is 2.16. The molecule has 0 aliphatic heterocycles. The van der Waals surface area contributed by atoms with Crippen molar-refractivity contribution in [3.05, 3.63) is 56.2 Å². The van der Waals surface area contributed by atoms with Crippen molar-refractivity contribution in [3.63, 3.8) is 0 Å². The standard InChI is InChI=1S/C18H16Br2FNO4/c1-2-16(23)22-13-4-11(3-12(21)8-13)9-26-18-14(19)5-10(6-15(18)20)7-17(24)25/h3-6,8H,2,7,9H2,1H3,(H,22,23)(H,24,25). The first kappa shape index (κ1) is 20.4. The number of carboxylic acids is 1. The van der Waals surface area contributed by atoms with Gasteiger partial charge in [0.05, 0.1) is 15.4 Å². The van der Waals surface area contributed by atoms with Gasteiger partial charge in [0, 0.05) is 12.1 Å². The Morgan fingerprint density at radius 1 is 1.12 bits per heavy atom. The fourth-order valence-electron chi connectivity index (χ4n) is 2.24. The lowest BCUT2D eigenvalue weighted by Gasteiger charge is -2.13. The molecular weight excluding hydrogens is 473 g/mol. The van der Waals surface area contributed by atoms with Crippen LogP contribution in [0.15, 0.2) is 39.3 Å². The fraction of sp³-hybridized carbons (Fsp3) is 0.222. The molecule has 0 aromatic heterocycles. The zero-order chi connectivity index (χ0) is 19.3. The molecule has 2 aromatic carbocycles. The van der Waals surface area contributed by atoms with E-state index in [9.17, 15) is 14.0 Å². The Kier molecular flexibility index (Phi) is 7.16. The number of amides is 1.